The number of carbonyl (C=O) groups excluding carboxylic acids is 1. The number of hydrogen-bond donors (Lipinski definition) is 1. The Balaban J connectivity index is 2.91. The Labute approximate surface area is 78.1 Å². The van der Waals surface area contributed by atoms with Crippen LogP contribution >= 0.6 is 0 Å². The van der Waals surface area contributed by atoms with Crippen LogP contribution in [0.1, 0.15) is 40.0 Å². The predicted molar refractivity (Wildman–Crippen MR) is 48.4 cm³/mol. The minimum Gasteiger partial charge on any atom is -0.481 e. The summed E-state index contributed by atoms with van der Waals surface area (Å²) in [4.78, 5) is 22.3. The molecule has 0 aromatic carbocycles. The van der Waals surface area contributed by atoms with Crippen molar-refractivity contribution in [3.8, 4) is 0 Å². The van der Waals surface area contributed by atoms with Gasteiger partial charge < -0.3 is 5.11 Å². The molecule has 1 atom stereocenters. The molecule has 0 aromatic rings. The van der Waals surface area contributed by atoms with Crippen LogP contribution in [0.15, 0.2) is 0 Å². The average molecular weight is 184 g/mol. The van der Waals surface area contributed by atoms with Gasteiger partial charge in [-0.1, -0.05) is 13.8 Å². The molecule has 1 rings (SSSR count). The van der Waals surface area contributed by atoms with Crippen molar-refractivity contribution >= 4 is 11.8 Å². The van der Waals surface area contributed by atoms with Crippen molar-refractivity contribution in [2.24, 2.45) is 10.8 Å². The fourth-order valence-corrected chi connectivity index (χ4v) is 2.36. The first-order valence-electron chi connectivity index (χ1n) is 4.50. The first-order chi connectivity index (χ1) is 5.75. The topological polar surface area (TPSA) is 54.4 Å². The lowest BCUT2D eigenvalue weighted by molar-refractivity contribution is -0.155. The molecule has 0 heterocycles. The second-order valence-corrected chi connectivity index (χ2v) is 5.10. The van der Waals surface area contributed by atoms with E-state index < -0.39 is 11.4 Å². The summed E-state index contributed by atoms with van der Waals surface area (Å²) in [6, 6.07) is 0. The largest absolute Gasteiger partial charge is 0.481 e. The van der Waals surface area contributed by atoms with Crippen LogP contribution in [-0.4, -0.2) is 16.9 Å². The minimum atomic E-state index is -0.853. The summed E-state index contributed by atoms with van der Waals surface area (Å²) in [5.74, 6) is -0.783. The highest BCUT2D eigenvalue weighted by atomic mass is 16.4. The van der Waals surface area contributed by atoms with Gasteiger partial charge in [0.25, 0.3) is 0 Å². The number of ketones is 1. The van der Waals surface area contributed by atoms with E-state index in [1.807, 2.05) is 13.8 Å². The number of Topliss-reactive ketones (excluding diaryl/α,β-unsaturated/α-hetero) is 1. The maximum Gasteiger partial charge on any atom is 0.309 e. The number of rotatable bonds is 1. The van der Waals surface area contributed by atoms with E-state index in [2.05, 4.69) is 0 Å². The fraction of sp³-hybridized carbons (Fsp3) is 0.800. The molecule has 0 radical (unpaired) electrons. The zero-order valence-corrected chi connectivity index (χ0v) is 8.39. The van der Waals surface area contributed by atoms with Gasteiger partial charge in [0.15, 0.2) is 0 Å². The van der Waals surface area contributed by atoms with Gasteiger partial charge in [0, 0.05) is 12.8 Å². The normalized spacial score (nSPS) is 33.0. The van der Waals surface area contributed by atoms with Crippen molar-refractivity contribution in [1.29, 1.82) is 0 Å². The Kier molecular flexibility index (Phi) is 2.22. The molecule has 1 saturated carbocycles. The fourth-order valence-electron chi connectivity index (χ4n) is 2.36. The number of aliphatic carboxylic acids is 1. The molecule has 0 saturated heterocycles. The van der Waals surface area contributed by atoms with Crippen LogP contribution in [-0.2, 0) is 9.59 Å². The van der Waals surface area contributed by atoms with E-state index in [9.17, 15) is 9.59 Å². The van der Waals surface area contributed by atoms with Crippen molar-refractivity contribution in [3.63, 3.8) is 0 Å². The van der Waals surface area contributed by atoms with Crippen LogP contribution in [0, 0.1) is 10.8 Å². The van der Waals surface area contributed by atoms with Gasteiger partial charge in [-0.3, -0.25) is 9.59 Å². The first kappa shape index (κ1) is 10.2. The number of hydrogen-bond acceptors (Lipinski definition) is 2. The van der Waals surface area contributed by atoms with E-state index in [-0.39, 0.29) is 17.6 Å². The lowest BCUT2D eigenvalue weighted by atomic mass is 9.64. The molecule has 0 amide bonds. The van der Waals surface area contributed by atoms with Gasteiger partial charge in [-0.15, -0.1) is 0 Å². The van der Waals surface area contributed by atoms with Gasteiger partial charge in [-0.2, -0.15) is 0 Å². The highest BCUT2D eigenvalue weighted by Gasteiger charge is 2.45. The van der Waals surface area contributed by atoms with Crippen LogP contribution in [0.4, 0.5) is 0 Å². The Morgan fingerprint density at radius 2 is 1.85 bits per heavy atom. The van der Waals surface area contributed by atoms with Gasteiger partial charge in [0.05, 0.1) is 5.41 Å². The van der Waals surface area contributed by atoms with Crippen molar-refractivity contribution in [3.05, 3.63) is 0 Å². The smallest absolute Gasteiger partial charge is 0.309 e. The summed E-state index contributed by atoms with van der Waals surface area (Å²) in [5.41, 5.74) is -1.01. The van der Waals surface area contributed by atoms with Gasteiger partial charge in [-0.25, -0.2) is 0 Å². The van der Waals surface area contributed by atoms with Gasteiger partial charge >= 0.3 is 5.97 Å². The third-order valence-corrected chi connectivity index (χ3v) is 2.65. The zero-order valence-electron chi connectivity index (χ0n) is 8.39. The number of carboxylic acid groups (broad SMARTS) is 1. The van der Waals surface area contributed by atoms with Gasteiger partial charge in [0.2, 0.25) is 0 Å². The quantitative estimate of drug-likeness (QED) is 0.676. The van der Waals surface area contributed by atoms with E-state index >= 15 is 0 Å². The van der Waals surface area contributed by atoms with E-state index in [0.29, 0.717) is 12.8 Å². The second kappa shape index (κ2) is 2.82. The monoisotopic (exact) mass is 184 g/mol. The van der Waals surface area contributed by atoms with Crippen LogP contribution in [0.25, 0.3) is 0 Å². The minimum absolute atomic E-state index is 0.0705. The summed E-state index contributed by atoms with van der Waals surface area (Å²) >= 11 is 0. The average Bonchev–Trinajstić information content (AvgIpc) is 1.79. The summed E-state index contributed by atoms with van der Waals surface area (Å²) in [7, 11) is 0. The van der Waals surface area contributed by atoms with Crippen LogP contribution in [0.2, 0.25) is 0 Å². The summed E-state index contributed by atoms with van der Waals surface area (Å²) < 4.78 is 0. The van der Waals surface area contributed by atoms with Crippen LogP contribution in [0.3, 0.4) is 0 Å². The lowest BCUT2D eigenvalue weighted by Crippen LogP contribution is -2.41. The van der Waals surface area contributed by atoms with Gasteiger partial charge in [-0.05, 0) is 18.8 Å². The zero-order chi connectivity index (χ0) is 10.3. The standard InChI is InChI=1S/C10H16O3/c1-9(2)4-7(11)5-10(3,6-9)8(12)13/h4-6H2,1-3H3,(H,12,13)/t10-/m0/s1. The van der Waals surface area contributed by atoms with E-state index in [4.69, 9.17) is 5.11 Å². The van der Waals surface area contributed by atoms with E-state index in [0.717, 1.165) is 0 Å². The molecule has 0 bridgehead atoms. The highest BCUT2D eigenvalue weighted by Crippen LogP contribution is 2.44. The van der Waals surface area contributed by atoms with Crippen molar-refractivity contribution in [2.75, 3.05) is 0 Å². The Morgan fingerprint density at radius 1 is 1.31 bits per heavy atom. The van der Waals surface area contributed by atoms with Crippen molar-refractivity contribution < 1.29 is 14.7 Å². The van der Waals surface area contributed by atoms with Crippen molar-refractivity contribution in [1.82, 2.24) is 0 Å². The van der Waals surface area contributed by atoms with E-state index in [1.165, 1.54) is 0 Å². The first-order valence-corrected chi connectivity index (χ1v) is 4.50. The summed E-state index contributed by atoms with van der Waals surface area (Å²) in [6.07, 6.45) is 1.28. The molecule has 1 aliphatic carbocycles. The molecule has 0 spiro atoms. The Morgan fingerprint density at radius 3 is 2.23 bits per heavy atom. The Hall–Kier alpha value is -0.860. The molecule has 1 aliphatic rings. The lowest BCUT2D eigenvalue weighted by Gasteiger charge is -2.38. The van der Waals surface area contributed by atoms with Crippen molar-refractivity contribution in [2.45, 2.75) is 40.0 Å². The molecular formula is C10H16O3. The molecule has 3 nitrogen and oxygen atoms in total. The molecule has 0 aliphatic heterocycles. The molecule has 3 heteroatoms. The second-order valence-electron chi connectivity index (χ2n) is 5.10. The number of carbonyl (C=O) groups is 2. The SMILES string of the molecule is CC1(C)CC(=O)C[C@](C)(C(=O)O)C1. The molecule has 0 unspecified atom stereocenters. The summed E-state index contributed by atoms with van der Waals surface area (Å²) in [5, 5.41) is 9.00. The molecule has 0 aromatic heterocycles. The summed E-state index contributed by atoms with van der Waals surface area (Å²) in [6.45, 7) is 5.56. The maximum atomic E-state index is 11.3. The van der Waals surface area contributed by atoms with E-state index in [1.54, 1.807) is 6.92 Å². The molecule has 13 heavy (non-hydrogen) atoms. The van der Waals surface area contributed by atoms with Gasteiger partial charge in [0.1, 0.15) is 5.78 Å². The Bertz CT molecular complexity index is 255. The molecule has 1 fully saturated rings. The molecule has 1 N–H and O–H groups in total. The molecule has 74 valence electrons. The highest BCUT2D eigenvalue weighted by molar-refractivity contribution is 5.87. The van der Waals surface area contributed by atoms with Crippen LogP contribution in [0.5, 0.6) is 0 Å². The third-order valence-electron chi connectivity index (χ3n) is 2.65. The predicted octanol–water partition coefficient (Wildman–Crippen LogP) is 1.86. The van der Waals surface area contributed by atoms with Crippen LogP contribution < -0.4 is 0 Å². The third kappa shape index (κ3) is 2.08. The molecular weight excluding hydrogens is 168 g/mol. The maximum absolute atomic E-state index is 11.3. The number of carboxylic acids is 1.